The minimum absolute atomic E-state index is 0.0833. The molecule has 0 aliphatic carbocycles. The zero-order chi connectivity index (χ0) is 52.2. The van der Waals surface area contributed by atoms with Crippen molar-refractivity contribution < 1.29 is 28.6 Å². The SMILES string of the molecule is CC/C=C\C/C=C\C/C=C\CCCCCCCCCC(=O)OC(COC(=O)CCCCCCC/C=C\C/C=C\CCCC)COC(=O)CCCCCCCCCCCCC/C=C\CCCCCCCCCC. The maximum absolute atomic E-state index is 12.9. The van der Waals surface area contributed by atoms with Crippen molar-refractivity contribution in [1.29, 1.82) is 0 Å². The summed E-state index contributed by atoms with van der Waals surface area (Å²) >= 11 is 0. The third-order valence-electron chi connectivity index (χ3n) is 13.4. The molecule has 0 heterocycles. The summed E-state index contributed by atoms with van der Waals surface area (Å²) in [6.07, 6.45) is 77.6. The Morgan fingerprint density at radius 1 is 0.292 bits per heavy atom. The van der Waals surface area contributed by atoms with E-state index in [0.29, 0.717) is 19.3 Å². The quantitative estimate of drug-likeness (QED) is 0.0261. The Morgan fingerprint density at radius 3 is 0.903 bits per heavy atom. The van der Waals surface area contributed by atoms with Crippen molar-refractivity contribution in [3.63, 3.8) is 0 Å². The van der Waals surface area contributed by atoms with Crippen LogP contribution < -0.4 is 0 Å². The fourth-order valence-corrected chi connectivity index (χ4v) is 8.76. The molecule has 0 spiro atoms. The average Bonchev–Trinajstić information content (AvgIpc) is 3.38. The molecule has 0 rings (SSSR count). The summed E-state index contributed by atoms with van der Waals surface area (Å²) in [4.78, 5) is 38.2. The molecule has 0 aromatic heterocycles. The fraction of sp³-hybridized carbons (Fsp3) is 0.773. The molecule has 1 unspecified atom stereocenters. The van der Waals surface area contributed by atoms with E-state index in [1.807, 2.05) is 0 Å². The van der Waals surface area contributed by atoms with E-state index in [2.05, 4.69) is 93.7 Å². The molecule has 416 valence electrons. The first-order valence-electron chi connectivity index (χ1n) is 30.9. The van der Waals surface area contributed by atoms with Crippen molar-refractivity contribution in [2.45, 2.75) is 316 Å². The highest BCUT2D eigenvalue weighted by molar-refractivity contribution is 5.71. The van der Waals surface area contributed by atoms with Crippen LogP contribution in [0.15, 0.2) is 72.9 Å². The number of ether oxygens (including phenoxy) is 3. The van der Waals surface area contributed by atoms with E-state index in [1.54, 1.807) is 0 Å². The lowest BCUT2D eigenvalue weighted by atomic mass is 10.0. The fourth-order valence-electron chi connectivity index (χ4n) is 8.76. The van der Waals surface area contributed by atoms with Crippen LogP contribution in [0.4, 0.5) is 0 Å². The van der Waals surface area contributed by atoms with Crippen LogP contribution in [0.25, 0.3) is 0 Å². The van der Waals surface area contributed by atoms with Gasteiger partial charge in [0.25, 0.3) is 0 Å². The Labute approximate surface area is 446 Å². The van der Waals surface area contributed by atoms with Crippen molar-refractivity contribution in [2.75, 3.05) is 13.2 Å². The summed E-state index contributed by atoms with van der Waals surface area (Å²) in [5.74, 6) is -0.897. The Bertz CT molecular complexity index is 1340. The Morgan fingerprint density at radius 2 is 0.556 bits per heavy atom. The van der Waals surface area contributed by atoms with E-state index in [1.165, 1.54) is 167 Å². The molecule has 0 aliphatic heterocycles. The van der Waals surface area contributed by atoms with Crippen LogP contribution in [-0.4, -0.2) is 37.2 Å². The van der Waals surface area contributed by atoms with Gasteiger partial charge in [-0.1, -0.05) is 261 Å². The molecule has 6 heteroatoms. The van der Waals surface area contributed by atoms with Gasteiger partial charge in [0, 0.05) is 19.3 Å². The van der Waals surface area contributed by atoms with Crippen molar-refractivity contribution >= 4 is 17.9 Å². The molecule has 0 aromatic rings. The summed E-state index contributed by atoms with van der Waals surface area (Å²) in [5.41, 5.74) is 0. The average molecular weight is 1010 g/mol. The largest absolute Gasteiger partial charge is 0.462 e. The highest BCUT2D eigenvalue weighted by atomic mass is 16.6. The lowest BCUT2D eigenvalue weighted by Crippen LogP contribution is -2.30. The third-order valence-corrected chi connectivity index (χ3v) is 13.4. The first-order valence-corrected chi connectivity index (χ1v) is 30.9. The molecule has 1 atom stereocenters. The van der Waals surface area contributed by atoms with E-state index < -0.39 is 6.10 Å². The Kier molecular flexibility index (Phi) is 57.8. The van der Waals surface area contributed by atoms with E-state index >= 15 is 0 Å². The number of carbonyl (C=O) groups is 3. The van der Waals surface area contributed by atoms with Gasteiger partial charge in [0.15, 0.2) is 6.10 Å². The predicted octanol–water partition coefficient (Wildman–Crippen LogP) is 20.9. The van der Waals surface area contributed by atoms with Gasteiger partial charge in [0.1, 0.15) is 13.2 Å². The standard InChI is InChI=1S/C66H116O6/c1-4-7-10-13-16-19-22-25-28-30-31-32-33-34-35-37-38-41-44-47-50-53-56-59-65(68)71-62-63(61-70-64(67)58-55-52-49-46-43-40-27-24-21-18-15-12-9-6-3)72-66(69)60-57-54-51-48-45-42-39-36-29-26-23-20-17-14-11-8-5-2/h8,11,15,17-18,20,24,26-27,29-31,63H,4-7,9-10,12-14,16,19,21-23,25,28,32-62H2,1-3H3/b11-8-,18-15-,20-17-,27-24-,29-26-,31-30-. The zero-order valence-corrected chi connectivity index (χ0v) is 47.7. The van der Waals surface area contributed by atoms with E-state index in [9.17, 15) is 14.4 Å². The number of carbonyl (C=O) groups excluding carboxylic acids is 3. The molecule has 0 aromatic carbocycles. The van der Waals surface area contributed by atoms with Gasteiger partial charge in [-0.3, -0.25) is 14.4 Å². The van der Waals surface area contributed by atoms with Crippen molar-refractivity contribution in [2.24, 2.45) is 0 Å². The lowest BCUT2D eigenvalue weighted by Gasteiger charge is -2.18. The second-order valence-electron chi connectivity index (χ2n) is 20.6. The molecular weight excluding hydrogens is 889 g/mol. The highest BCUT2D eigenvalue weighted by Crippen LogP contribution is 2.16. The van der Waals surface area contributed by atoms with Crippen molar-refractivity contribution in [1.82, 2.24) is 0 Å². The van der Waals surface area contributed by atoms with Gasteiger partial charge in [-0.15, -0.1) is 0 Å². The normalized spacial score (nSPS) is 12.5. The molecule has 0 aliphatic rings. The summed E-state index contributed by atoms with van der Waals surface area (Å²) in [5, 5.41) is 0. The topological polar surface area (TPSA) is 78.9 Å². The predicted molar refractivity (Wildman–Crippen MR) is 311 cm³/mol. The van der Waals surface area contributed by atoms with Crippen LogP contribution in [0.1, 0.15) is 310 Å². The van der Waals surface area contributed by atoms with Crippen LogP contribution in [-0.2, 0) is 28.6 Å². The molecule has 0 saturated carbocycles. The van der Waals surface area contributed by atoms with Crippen LogP contribution in [0.5, 0.6) is 0 Å². The molecule has 72 heavy (non-hydrogen) atoms. The van der Waals surface area contributed by atoms with Gasteiger partial charge in [0.2, 0.25) is 0 Å². The second kappa shape index (κ2) is 60.4. The maximum Gasteiger partial charge on any atom is 0.306 e. The molecule has 0 N–H and O–H groups in total. The third kappa shape index (κ3) is 57.7. The molecule has 0 bridgehead atoms. The van der Waals surface area contributed by atoms with Crippen LogP contribution in [0, 0.1) is 0 Å². The van der Waals surface area contributed by atoms with Crippen LogP contribution in [0.3, 0.4) is 0 Å². The number of hydrogen-bond acceptors (Lipinski definition) is 6. The number of hydrogen-bond donors (Lipinski definition) is 0. The number of unbranched alkanes of at least 4 members (excludes halogenated alkanes) is 33. The monoisotopic (exact) mass is 1000 g/mol. The van der Waals surface area contributed by atoms with Crippen molar-refractivity contribution in [3.05, 3.63) is 72.9 Å². The van der Waals surface area contributed by atoms with Gasteiger partial charge in [-0.25, -0.2) is 0 Å². The summed E-state index contributed by atoms with van der Waals surface area (Å²) in [7, 11) is 0. The van der Waals surface area contributed by atoms with Gasteiger partial charge in [0.05, 0.1) is 0 Å². The zero-order valence-electron chi connectivity index (χ0n) is 47.7. The van der Waals surface area contributed by atoms with Gasteiger partial charge >= 0.3 is 17.9 Å². The maximum atomic E-state index is 12.9. The lowest BCUT2D eigenvalue weighted by molar-refractivity contribution is -0.167. The molecule has 6 nitrogen and oxygen atoms in total. The number of allylic oxidation sites excluding steroid dienone is 12. The van der Waals surface area contributed by atoms with E-state index in [-0.39, 0.29) is 31.1 Å². The van der Waals surface area contributed by atoms with Crippen molar-refractivity contribution in [3.8, 4) is 0 Å². The first kappa shape index (κ1) is 68.8. The van der Waals surface area contributed by atoms with E-state index in [4.69, 9.17) is 14.2 Å². The second-order valence-corrected chi connectivity index (χ2v) is 20.6. The minimum Gasteiger partial charge on any atom is -0.462 e. The molecule has 0 fully saturated rings. The summed E-state index contributed by atoms with van der Waals surface area (Å²) < 4.78 is 16.9. The molecule has 0 radical (unpaired) electrons. The van der Waals surface area contributed by atoms with Crippen LogP contribution in [0.2, 0.25) is 0 Å². The number of rotatable bonds is 56. The molecular formula is C66H116O6. The first-order chi connectivity index (χ1) is 35.5. The highest BCUT2D eigenvalue weighted by Gasteiger charge is 2.19. The van der Waals surface area contributed by atoms with Gasteiger partial charge in [-0.05, 0) is 103 Å². The van der Waals surface area contributed by atoms with Gasteiger partial charge in [-0.2, -0.15) is 0 Å². The molecule has 0 saturated heterocycles. The Hall–Kier alpha value is -3.15. The van der Waals surface area contributed by atoms with Crippen LogP contribution >= 0.6 is 0 Å². The van der Waals surface area contributed by atoms with E-state index in [0.717, 1.165) is 103 Å². The summed E-state index contributed by atoms with van der Waals surface area (Å²) in [6, 6.07) is 0. The number of esters is 3. The minimum atomic E-state index is -0.787. The van der Waals surface area contributed by atoms with Gasteiger partial charge < -0.3 is 14.2 Å². The summed E-state index contributed by atoms with van der Waals surface area (Å²) in [6.45, 7) is 6.50. The molecule has 0 amide bonds. The Balaban J connectivity index is 4.33. The smallest absolute Gasteiger partial charge is 0.306 e.